The van der Waals surface area contributed by atoms with Gasteiger partial charge < -0.3 is 23.8 Å². The quantitative estimate of drug-likeness (QED) is 0.298. The zero-order chi connectivity index (χ0) is 32.5. The number of fused-ring (bicyclic) bond motifs is 4. The Balaban J connectivity index is 1.26. The number of aliphatic hydroxyl groups excluding tert-OH is 1. The van der Waals surface area contributed by atoms with E-state index in [0.717, 1.165) is 22.4 Å². The van der Waals surface area contributed by atoms with Gasteiger partial charge in [0.25, 0.3) is 5.91 Å². The molecule has 8 nitrogen and oxygen atoms in total. The molecule has 1 N–H and O–H groups in total. The van der Waals surface area contributed by atoms with Gasteiger partial charge in [0.2, 0.25) is 20.2 Å². The van der Waals surface area contributed by atoms with Gasteiger partial charge in [0.1, 0.15) is 0 Å². The molecule has 4 aliphatic heterocycles. The fraction of sp³-hybridized carbons (Fsp3) is 0.417. The van der Waals surface area contributed by atoms with Crippen LogP contribution >= 0.6 is 0 Å². The second-order valence-corrected chi connectivity index (χ2v) is 17.5. The van der Waals surface area contributed by atoms with Gasteiger partial charge in [-0.15, -0.1) is 0 Å². The van der Waals surface area contributed by atoms with Crippen LogP contribution in [0.15, 0.2) is 66.7 Å². The molecule has 240 valence electrons. The van der Waals surface area contributed by atoms with Gasteiger partial charge in [-0.25, -0.2) is 0 Å². The second kappa shape index (κ2) is 11.1. The number of para-hydroxylation sites is 1. The lowest BCUT2D eigenvalue weighted by molar-refractivity contribution is -0.150. The third-order valence-electron chi connectivity index (χ3n) is 10.7. The fourth-order valence-electron chi connectivity index (χ4n) is 8.52. The molecule has 0 unspecified atom stereocenters. The number of ether oxygens (including phenoxy) is 1. The average molecular weight is 642 g/mol. The third-order valence-corrected chi connectivity index (χ3v) is 13.1. The van der Waals surface area contributed by atoms with Crippen LogP contribution in [0.25, 0.3) is 0 Å². The third kappa shape index (κ3) is 4.64. The smallest absolute Gasteiger partial charge is 0.264 e. The average Bonchev–Trinajstić information content (AvgIpc) is 3.45. The number of carbonyl (C=O) groups is 3. The Morgan fingerprint density at radius 1 is 1.00 bits per heavy atom. The molecule has 3 aromatic rings. The summed E-state index contributed by atoms with van der Waals surface area (Å²) in [4.78, 5) is 46.5. The molecule has 46 heavy (non-hydrogen) atoms. The molecule has 4 aliphatic rings. The summed E-state index contributed by atoms with van der Waals surface area (Å²) in [5.41, 5.74) is 3.73. The Morgan fingerprint density at radius 2 is 1.70 bits per heavy atom. The first kappa shape index (κ1) is 30.8. The van der Waals surface area contributed by atoms with Gasteiger partial charge in [-0.2, -0.15) is 0 Å². The summed E-state index contributed by atoms with van der Waals surface area (Å²) in [7, 11) is -1.81. The molecule has 1 spiro atoms. The van der Waals surface area contributed by atoms with Gasteiger partial charge in [0.15, 0.2) is 5.60 Å². The molecular formula is C36H40FN3O5Si. The molecule has 0 radical (unpaired) electrons. The minimum absolute atomic E-state index is 0.0361. The van der Waals surface area contributed by atoms with E-state index in [4.69, 9.17) is 4.74 Å². The molecule has 3 aromatic carbocycles. The van der Waals surface area contributed by atoms with Gasteiger partial charge in [-0.3, -0.25) is 19.3 Å². The molecule has 5 atom stereocenters. The number of benzene rings is 3. The van der Waals surface area contributed by atoms with Gasteiger partial charge in [0, 0.05) is 42.7 Å². The summed E-state index contributed by atoms with van der Waals surface area (Å²) < 4.78 is 23.2. The van der Waals surface area contributed by atoms with Gasteiger partial charge in [-0.1, -0.05) is 49.4 Å². The first-order valence-corrected chi connectivity index (χ1v) is 19.1. The van der Waals surface area contributed by atoms with Crippen LogP contribution in [0, 0.1) is 5.92 Å². The van der Waals surface area contributed by atoms with Crippen LogP contribution < -0.4 is 9.80 Å². The zero-order valence-corrected chi connectivity index (χ0v) is 27.7. The lowest BCUT2D eigenvalue weighted by Gasteiger charge is -2.37. The van der Waals surface area contributed by atoms with E-state index in [1.54, 1.807) is 34.8 Å². The lowest BCUT2D eigenvalue weighted by atomic mass is 9.82. The number of halogens is 1. The highest BCUT2D eigenvalue weighted by Gasteiger charge is 2.66. The number of likely N-dealkylation sites (N-methyl/N-ethyl adjacent to an activating group) is 1. The minimum atomic E-state index is -3.50. The first-order chi connectivity index (χ1) is 22.0. The number of amides is 3. The summed E-state index contributed by atoms with van der Waals surface area (Å²) in [5, 5.41) is 10.2. The first-order valence-electron chi connectivity index (χ1n) is 16.1. The number of rotatable bonds is 5. The Bertz CT molecular complexity index is 1740. The molecule has 0 bridgehead atoms. The summed E-state index contributed by atoms with van der Waals surface area (Å²) in [6.07, 6.45) is 0.633. The maximum absolute atomic E-state index is 16.4. The summed E-state index contributed by atoms with van der Waals surface area (Å²) in [5.74, 6) is -1.13. The molecule has 4 heterocycles. The monoisotopic (exact) mass is 641 g/mol. The maximum atomic E-state index is 16.4. The molecule has 0 aromatic heterocycles. The standard InChI is InChI=1S/C36H40FN3O5Si/c1-22-34(46(3,4)37)31(19-33(43)39-20-25-11-6-5-10-24(25)17-27(39)21-41)45-36(22)28-18-26(14-15-30(28)38(2)35(36)44)40-29-12-8-7-9-23(29)13-16-32(40)42/h5-12,14-15,18,22,27,31,34,41H,13,16-17,19-21H2,1-4H3/t22-,27-,31+,34-,36+/m0/s1. The molecule has 0 aliphatic carbocycles. The topological polar surface area (TPSA) is 90.4 Å². The van der Waals surface area contributed by atoms with Crippen molar-refractivity contribution in [1.29, 1.82) is 0 Å². The molecule has 1 saturated heterocycles. The van der Waals surface area contributed by atoms with Crippen LogP contribution in [0.1, 0.15) is 42.0 Å². The van der Waals surface area contributed by atoms with Crippen LogP contribution in [0.3, 0.4) is 0 Å². The predicted octanol–water partition coefficient (Wildman–Crippen LogP) is 5.38. The molecular weight excluding hydrogens is 601 g/mol. The summed E-state index contributed by atoms with van der Waals surface area (Å²) in [6.45, 7) is 5.27. The highest BCUT2D eigenvalue weighted by Crippen LogP contribution is 2.60. The molecule has 10 heteroatoms. The number of nitrogens with zero attached hydrogens (tertiary/aromatic N) is 3. The summed E-state index contributed by atoms with van der Waals surface area (Å²) >= 11 is 0. The zero-order valence-electron chi connectivity index (χ0n) is 26.7. The molecule has 1 fully saturated rings. The van der Waals surface area contributed by atoms with Gasteiger partial charge >= 0.3 is 0 Å². The number of aliphatic hydroxyl groups is 1. The highest BCUT2D eigenvalue weighted by atomic mass is 28.4. The Kier molecular flexibility index (Phi) is 7.45. The van der Waals surface area contributed by atoms with Crippen molar-refractivity contribution in [3.05, 3.63) is 89.0 Å². The van der Waals surface area contributed by atoms with E-state index in [9.17, 15) is 19.5 Å². The van der Waals surface area contributed by atoms with Crippen molar-refractivity contribution in [2.75, 3.05) is 23.5 Å². The van der Waals surface area contributed by atoms with E-state index in [-0.39, 0.29) is 30.7 Å². The normalized spacial score (nSPS) is 27.2. The fourth-order valence-corrected chi connectivity index (χ4v) is 11.0. The van der Waals surface area contributed by atoms with E-state index >= 15 is 4.11 Å². The number of aryl methyl sites for hydroxylation is 1. The van der Waals surface area contributed by atoms with Crippen molar-refractivity contribution in [2.24, 2.45) is 5.92 Å². The van der Waals surface area contributed by atoms with Crippen LogP contribution in [-0.4, -0.2) is 61.9 Å². The number of carbonyl (C=O) groups excluding carboxylic acids is 3. The van der Waals surface area contributed by atoms with Crippen molar-refractivity contribution >= 4 is 43.2 Å². The number of hydrogen-bond donors (Lipinski definition) is 1. The van der Waals surface area contributed by atoms with Crippen molar-refractivity contribution < 1.29 is 28.3 Å². The van der Waals surface area contributed by atoms with Gasteiger partial charge in [0.05, 0.1) is 36.5 Å². The lowest BCUT2D eigenvalue weighted by Crippen LogP contribution is -2.48. The number of anilines is 3. The maximum Gasteiger partial charge on any atom is 0.264 e. The Morgan fingerprint density at radius 3 is 2.41 bits per heavy atom. The van der Waals surface area contributed by atoms with E-state index in [1.165, 1.54) is 0 Å². The van der Waals surface area contributed by atoms with Crippen molar-refractivity contribution in [3.63, 3.8) is 0 Å². The minimum Gasteiger partial charge on any atom is -0.394 e. The SMILES string of the molecule is C[C@H]1[C@H]([Si](C)(C)F)[C@@H](CC(=O)N2Cc3ccccc3C[C@H]2CO)O[C@]12C(=O)N(C)c1ccc(N3C(=O)CCc4ccccc43)cc12. The van der Waals surface area contributed by atoms with E-state index in [1.807, 2.05) is 73.7 Å². The van der Waals surface area contributed by atoms with Crippen LogP contribution in [0.4, 0.5) is 21.2 Å². The number of hydrogen-bond acceptors (Lipinski definition) is 5. The molecule has 7 rings (SSSR count). The van der Waals surface area contributed by atoms with Crippen LogP contribution in [0.5, 0.6) is 0 Å². The van der Waals surface area contributed by atoms with Crippen molar-refractivity contribution in [3.8, 4) is 0 Å². The largest absolute Gasteiger partial charge is 0.394 e. The highest BCUT2D eigenvalue weighted by molar-refractivity contribution is 6.72. The van der Waals surface area contributed by atoms with Gasteiger partial charge in [-0.05, 0) is 66.9 Å². The Hall–Kier alpha value is -3.86. The Labute approximate surface area is 269 Å². The van der Waals surface area contributed by atoms with Crippen molar-refractivity contribution in [2.45, 2.75) is 75.5 Å². The molecule has 3 amide bonds. The van der Waals surface area contributed by atoms with E-state index in [0.29, 0.717) is 42.7 Å². The molecule has 0 saturated carbocycles. The second-order valence-electron chi connectivity index (χ2n) is 13.7. The van der Waals surface area contributed by atoms with E-state index in [2.05, 4.69) is 0 Å². The predicted molar refractivity (Wildman–Crippen MR) is 176 cm³/mol. The van der Waals surface area contributed by atoms with E-state index < -0.39 is 37.6 Å². The van der Waals surface area contributed by atoms with Crippen LogP contribution in [0.2, 0.25) is 18.6 Å². The van der Waals surface area contributed by atoms with Crippen LogP contribution in [-0.2, 0) is 44.1 Å². The van der Waals surface area contributed by atoms with Crippen molar-refractivity contribution in [1.82, 2.24) is 4.90 Å². The summed E-state index contributed by atoms with van der Waals surface area (Å²) in [6, 6.07) is 20.8.